The summed E-state index contributed by atoms with van der Waals surface area (Å²) in [4.78, 5) is 4.43. The fraction of sp³-hybridized carbons (Fsp3) is 0.316. The zero-order valence-corrected chi connectivity index (χ0v) is 17.9. The standard InChI is InChI=1S/C19H22FN7.HI/c1-3-11-24-19(23-4-2)25-12-5-6-17-16(13-21)18(22)27(26-17)15-9-7-14(20)8-10-15;/h1,7-10H,4-6,11-12,22H2,2H3,(H2,23,24,25);1H. The molecule has 7 nitrogen and oxygen atoms in total. The van der Waals surface area contributed by atoms with Crippen LogP contribution in [0.3, 0.4) is 0 Å². The van der Waals surface area contributed by atoms with Gasteiger partial charge in [0, 0.05) is 13.1 Å². The summed E-state index contributed by atoms with van der Waals surface area (Å²) in [7, 11) is 0. The number of nitrogens with one attached hydrogen (secondary N) is 2. The lowest BCUT2D eigenvalue weighted by molar-refractivity contribution is 0.627. The number of hydrogen-bond donors (Lipinski definition) is 3. The van der Waals surface area contributed by atoms with Crippen molar-refractivity contribution in [3.8, 4) is 24.1 Å². The molecule has 1 heterocycles. The number of hydrogen-bond acceptors (Lipinski definition) is 4. The first-order valence-corrected chi connectivity index (χ1v) is 8.59. The number of halogens is 2. The number of terminal acetylenes is 1. The summed E-state index contributed by atoms with van der Waals surface area (Å²) in [5, 5.41) is 19.9. The largest absolute Gasteiger partial charge is 0.382 e. The van der Waals surface area contributed by atoms with E-state index in [-0.39, 0.29) is 35.6 Å². The molecule has 1 aromatic carbocycles. The number of aliphatic imine (C=N–C) groups is 1. The fourth-order valence-electron chi connectivity index (χ4n) is 2.47. The molecular weight excluding hydrogens is 472 g/mol. The molecule has 0 aliphatic heterocycles. The van der Waals surface area contributed by atoms with Gasteiger partial charge >= 0.3 is 0 Å². The van der Waals surface area contributed by atoms with Gasteiger partial charge in [0.25, 0.3) is 0 Å². The van der Waals surface area contributed by atoms with Crippen LogP contribution in [0.2, 0.25) is 0 Å². The molecule has 4 N–H and O–H groups in total. The number of benzene rings is 1. The van der Waals surface area contributed by atoms with Crippen molar-refractivity contribution < 1.29 is 4.39 Å². The van der Waals surface area contributed by atoms with Gasteiger partial charge in [-0.25, -0.2) is 9.07 Å². The van der Waals surface area contributed by atoms with Crippen LogP contribution in [0.25, 0.3) is 5.69 Å². The van der Waals surface area contributed by atoms with Crippen LogP contribution in [0.4, 0.5) is 10.2 Å². The number of nitriles is 1. The van der Waals surface area contributed by atoms with Crippen LogP contribution in [-0.4, -0.2) is 35.4 Å². The third kappa shape index (κ3) is 6.13. The van der Waals surface area contributed by atoms with Crippen LogP contribution in [0.15, 0.2) is 29.3 Å². The van der Waals surface area contributed by atoms with Gasteiger partial charge in [0.15, 0.2) is 5.96 Å². The quantitative estimate of drug-likeness (QED) is 0.180. The molecule has 2 aromatic rings. The molecule has 0 aliphatic carbocycles. The number of rotatable bonds is 7. The SMILES string of the molecule is C#CCNC(=NCCCc1nn(-c2ccc(F)cc2)c(N)c1C#N)NCC.I. The van der Waals surface area contributed by atoms with E-state index in [9.17, 15) is 9.65 Å². The second kappa shape index (κ2) is 11.8. The number of aryl methyl sites for hydroxylation is 1. The van der Waals surface area contributed by atoms with Crippen molar-refractivity contribution in [3.63, 3.8) is 0 Å². The molecule has 0 saturated carbocycles. The third-order valence-electron chi connectivity index (χ3n) is 3.72. The summed E-state index contributed by atoms with van der Waals surface area (Å²) in [6, 6.07) is 7.87. The Kier molecular flexibility index (Phi) is 9.82. The van der Waals surface area contributed by atoms with Crippen molar-refractivity contribution >= 4 is 35.8 Å². The highest BCUT2D eigenvalue weighted by Crippen LogP contribution is 2.21. The van der Waals surface area contributed by atoms with E-state index >= 15 is 0 Å². The van der Waals surface area contributed by atoms with Gasteiger partial charge < -0.3 is 16.4 Å². The number of aromatic nitrogens is 2. The third-order valence-corrected chi connectivity index (χ3v) is 3.72. The van der Waals surface area contributed by atoms with E-state index in [2.05, 4.69) is 32.7 Å². The van der Waals surface area contributed by atoms with Crippen molar-refractivity contribution in [1.82, 2.24) is 20.4 Å². The molecule has 0 bridgehead atoms. The molecule has 0 radical (unpaired) electrons. The summed E-state index contributed by atoms with van der Waals surface area (Å²) in [6.45, 7) is 3.63. The highest BCUT2D eigenvalue weighted by molar-refractivity contribution is 14.0. The van der Waals surface area contributed by atoms with Gasteiger partial charge in [-0.15, -0.1) is 30.4 Å². The van der Waals surface area contributed by atoms with Gasteiger partial charge in [0.05, 0.1) is 17.9 Å². The lowest BCUT2D eigenvalue weighted by atomic mass is 10.1. The van der Waals surface area contributed by atoms with Crippen LogP contribution in [0, 0.1) is 29.5 Å². The predicted molar refractivity (Wildman–Crippen MR) is 119 cm³/mol. The van der Waals surface area contributed by atoms with E-state index in [1.54, 1.807) is 12.1 Å². The summed E-state index contributed by atoms with van der Waals surface area (Å²) >= 11 is 0. The molecule has 0 fully saturated rings. The molecule has 0 amide bonds. The van der Waals surface area contributed by atoms with E-state index in [4.69, 9.17) is 12.2 Å². The second-order valence-electron chi connectivity index (χ2n) is 5.63. The van der Waals surface area contributed by atoms with E-state index in [1.165, 1.54) is 16.8 Å². The van der Waals surface area contributed by atoms with Crippen molar-refractivity contribution in [3.05, 3.63) is 41.3 Å². The minimum atomic E-state index is -0.349. The average Bonchev–Trinajstić information content (AvgIpc) is 2.99. The van der Waals surface area contributed by atoms with Gasteiger partial charge in [-0.2, -0.15) is 10.4 Å². The van der Waals surface area contributed by atoms with E-state index in [0.717, 1.165) is 6.54 Å². The van der Waals surface area contributed by atoms with Gasteiger partial charge in [-0.3, -0.25) is 4.99 Å². The Balaban J connectivity index is 0.00000392. The number of anilines is 1. The van der Waals surface area contributed by atoms with Crippen molar-refractivity contribution in [2.75, 3.05) is 25.4 Å². The van der Waals surface area contributed by atoms with Crippen molar-refractivity contribution in [2.24, 2.45) is 4.99 Å². The Labute approximate surface area is 181 Å². The zero-order chi connectivity index (χ0) is 19.6. The summed E-state index contributed by atoms with van der Waals surface area (Å²) in [5.74, 6) is 3.04. The minimum absolute atomic E-state index is 0. The maximum absolute atomic E-state index is 13.1. The Morgan fingerprint density at radius 3 is 2.68 bits per heavy atom. The second-order valence-corrected chi connectivity index (χ2v) is 5.63. The van der Waals surface area contributed by atoms with Crippen LogP contribution in [0.5, 0.6) is 0 Å². The summed E-state index contributed by atoms with van der Waals surface area (Å²) in [5.41, 5.74) is 7.58. The summed E-state index contributed by atoms with van der Waals surface area (Å²) < 4.78 is 14.6. The van der Waals surface area contributed by atoms with Crippen LogP contribution < -0.4 is 16.4 Å². The molecule has 9 heteroatoms. The van der Waals surface area contributed by atoms with Gasteiger partial charge in [-0.05, 0) is 44.0 Å². The maximum atomic E-state index is 13.1. The van der Waals surface area contributed by atoms with Crippen LogP contribution >= 0.6 is 24.0 Å². The zero-order valence-electron chi connectivity index (χ0n) is 15.6. The van der Waals surface area contributed by atoms with E-state index < -0.39 is 0 Å². The van der Waals surface area contributed by atoms with Crippen LogP contribution in [-0.2, 0) is 6.42 Å². The Bertz CT molecular complexity index is 875. The Morgan fingerprint density at radius 1 is 1.36 bits per heavy atom. The van der Waals surface area contributed by atoms with Gasteiger partial charge in [-0.1, -0.05) is 5.92 Å². The molecule has 28 heavy (non-hydrogen) atoms. The highest BCUT2D eigenvalue weighted by Gasteiger charge is 2.16. The first kappa shape index (κ1) is 23.2. The Hall–Kier alpha value is -2.79. The smallest absolute Gasteiger partial charge is 0.192 e. The monoisotopic (exact) mass is 495 g/mol. The molecule has 2 rings (SSSR count). The fourth-order valence-corrected chi connectivity index (χ4v) is 2.47. The number of nitrogen functional groups attached to an aromatic ring is 1. The molecule has 0 spiro atoms. The van der Waals surface area contributed by atoms with Gasteiger partial charge in [0.1, 0.15) is 23.3 Å². The predicted octanol–water partition coefficient (Wildman–Crippen LogP) is 2.20. The van der Waals surface area contributed by atoms with Gasteiger partial charge in [0.2, 0.25) is 0 Å². The molecule has 148 valence electrons. The van der Waals surface area contributed by atoms with E-state index in [0.29, 0.717) is 48.8 Å². The molecule has 0 unspecified atom stereocenters. The first-order chi connectivity index (χ1) is 13.1. The lowest BCUT2D eigenvalue weighted by Crippen LogP contribution is -2.37. The Morgan fingerprint density at radius 2 is 2.07 bits per heavy atom. The maximum Gasteiger partial charge on any atom is 0.192 e. The molecule has 0 aliphatic rings. The van der Waals surface area contributed by atoms with Crippen LogP contribution in [0.1, 0.15) is 24.6 Å². The van der Waals surface area contributed by atoms with Crippen molar-refractivity contribution in [2.45, 2.75) is 19.8 Å². The molecule has 0 atom stereocenters. The normalized spacial score (nSPS) is 10.5. The highest BCUT2D eigenvalue weighted by atomic mass is 127. The van der Waals surface area contributed by atoms with Crippen molar-refractivity contribution in [1.29, 1.82) is 5.26 Å². The molecule has 1 aromatic heterocycles. The minimum Gasteiger partial charge on any atom is -0.382 e. The average molecular weight is 495 g/mol. The number of nitrogens with zero attached hydrogens (tertiary/aromatic N) is 4. The molecule has 0 saturated heterocycles. The lowest BCUT2D eigenvalue weighted by Gasteiger charge is -2.08. The molecular formula is C19H23FIN7. The topological polar surface area (TPSA) is 104 Å². The number of nitrogens with two attached hydrogens (primary N) is 1. The van der Waals surface area contributed by atoms with E-state index in [1.807, 2.05) is 6.92 Å². The summed E-state index contributed by atoms with van der Waals surface area (Å²) in [6.07, 6.45) is 6.46. The first-order valence-electron chi connectivity index (χ1n) is 8.59. The number of guanidine groups is 1.